The molecular weight excluding hydrogens is 660 g/mol. The predicted molar refractivity (Wildman–Crippen MR) is 159 cm³/mol. The van der Waals surface area contributed by atoms with Crippen molar-refractivity contribution in [3.05, 3.63) is 78.8 Å². The molecule has 2 N–H and O–H groups in total. The summed E-state index contributed by atoms with van der Waals surface area (Å²) in [5, 5.41) is 7.58. The molecule has 2 amide bonds. The van der Waals surface area contributed by atoms with Gasteiger partial charge in [0.1, 0.15) is 6.61 Å². The van der Waals surface area contributed by atoms with E-state index in [0.29, 0.717) is 50.8 Å². The summed E-state index contributed by atoms with van der Waals surface area (Å²) in [5.41, 5.74) is 4.17. The van der Waals surface area contributed by atoms with Crippen molar-refractivity contribution in [3.8, 4) is 23.0 Å². The van der Waals surface area contributed by atoms with E-state index < -0.39 is 11.8 Å². The van der Waals surface area contributed by atoms with Crippen LogP contribution in [0.2, 0.25) is 10.0 Å². The van der Waals surface area contributed by atoms with Crippen molar-refractivity contribution < 1.29 is 28.5 Å². The maximum absolute atomic E-state index is 12.4. The summed E-state index contributed by atoms with van der Waals surface area (Å²) >= 11 is 14.4. The minimum absolute atomic E-state index is 0.227. The number of carbonyl (C=O) groups excluding carboxylic acids is 2. The van der Waals surface area contributed by atoms with Crippen LogP contribution in [0.3, 0.4) is 0 Å². The normalized spacial score (nSPS) is 10.7. The molecule has 3 rings (SSSR count). The number of nitrogens with one attached hydrogen (secondary N) is 2. The zero-order chi connectivity index (χ0) is 28.4. The van der Waals surface area contributed by atoms with Gasteiger partial charge in [0.25, 0.3) is 11.8 Å². The third-order valence-electron chi connectivity index (χ3n) is 5.18. The zero-order valence-electron chi connectivity index (χ0n) is 21.3. The molecule has 0 fully saturated rings. The summed E-state index contributed by atoms with van der Waals surface area (Å²) in [6.45, 7) is 2.24. The van der Waals surface area contributed by atoms with Crippen LogP contribution in [-0.2, 0) is 11.4 Å². The van der Waals surface area contributed by atoms with Crippen LogP contribution in [0.4, 0.5) is 0 Å². The largest absolute Gasteiger partial charge is 0.493 e. The van der Waals surface area contributed by atoms with E-state index in [1.54, 1.807) is 36.4 Å². The van der Waals surface area contributed by atoms with E-state index in [1.165, 1.54) is 26.5 Å². The number of rotatable bonds is 12. The fourth-order valence-corrected chi connectivity index (χ4v) is 4.56. The Bertz CT molecular complexity index is 1370. The molecule has 12 heteroatoms. The number of halogens is 3. The Labute approximate surface area is 249 Å². The van der Waals surface area contributed by atoms with Crippen LogP contribution in [-0.4, -0.2) is 45.4 Å². The van der Waals surface area contributed by atoms with E-state index in [2.05, 4.69) is 38.4 Å². The van der Waals surface area contributed by atoms with Gasteiger partial charge in [0.2, 0.25) is 0 Å². The predicted octanol–water partition coefficient (Wildman–Crippen LogP) is 5.47. The number of hydrogen-bond acceptors (Lipinski definition) is 7. The maximum atomic E-state index is 12.4. The van der Waals surface area contributed by atoms with Crippen LogP contribution >= 0.6 is 45.8 Å². The van der Waals surface area contributed by atoms with Gasteiger partial charge in [-0.05, 0) is 77.5 Å². The van der Waals surface area contributed by atoms with Gasteiger partial charge in [0, 0.05) is 21.2 Å². The summed E-state index contributed by atoms with van der Waals surface area (Å²) in [7, 11) is 2.98. The monoisotopic (exact) mass is 685 g/mol. The molecule has 0 aromatic heterocycles. The minimum Gasteiger partial charge on any atom is -0.493 e. The van der Waals surface area contributed by atoms with Crippen LogP contribution in [0, 0.1) is 3.57 Å². The van der Waals surface area contributed by atoms with E-state index in [4.69, 9.17) is 42.1 Å². The van der Waals surface area contributed by atoms with Gasteiger partial charge in [0.15, 0.2) is 23.0 Å². The van der Waals surface area contributed by atoms with Gasteiger partial charge in [0.05, 0.1) is 37.2 Å². The number of benzene rings is 3. The number of ether oxygens (including phenoxy) is 4. The fourth-order valence-electron chi connectivity index (χ4n) is 3.31. The molecule has 0 aliphatic rings. The van der Waals surface area contributed by atoms with Crippen LogP contribution in [0.15, 0.2) is 53.6 Å². The molecule has 0 saturated heterocycles. The molecule has 0 saturated carbocycles. The summed E-state index contributed by atoms with van der Waals surface area (Å²) in [5.74, 6) is 1.03. The van der Waals surface area contributed by atoms with Crippen molar-refractivity contribution in [1.82, 2.24) is 10.7 Å². The molecule has 0 spiro atoms. The first-order chi connectivity index (χ1) is 18.7. The fraction of sp³-hybridized carbons (Fsp3) is 0.222. The lowest BCUT2D eigenvalue weighted by Crippen LogP contribution is -2.34. The summed E-state index contributed by atoms with van der Waals surface area (Å²) in [4.78, 5) is 24.6. The van der Waals surface area contributed by atoms with E-state index in [-0.39, 0.29) is 13.2 Å². The molecule has 206 valence electrons. The van der Waals surface area contributed by atoms with Crippen LogP contribution in [0.1, 0.15) is 28.4 Å². The van der Waals surface area contributed by atoms with Gasteiger partial charge >= 0.3 is 0 Å². The van der Waals surface area contributed by atoms with Gasteiger partial charge in [-0.15, -0.1) is 0 Å². The quantitative estimate of drug-likeness (QED) is 0.149. The molecule has 0 aliphatic carbocycles. The Kier molecular flexibility index (Phi) is 11.5. The van der Waals surface area contributed by atoms with Crippen LogP contribution in [0.25, 0.3) is 0 Å². The number of hydrogen-bond donors (Lipinski definition) is 2. The van der Waals surface area contributed by atoms with Gasteiger partial charge < -0.3 is 24.3 Å². The van der Waals surface area contributed by atoms with Crippen molar-refractivity contribution in [2.45, 2.75) is 13.5 Å². The molecule has 0 bridgehead atoms. The molecule has 0 heterocycles. The van der Waals surface area contributed by atoms with E-state index in [9.17, 15) is 9.59 Å². The molecule has 3 aromatic carbocycles. The average molecular weight is 686 g/mol. The van der Waals surface area contributed by atoms with Crippen molar-refractivity contribution in [3.63, 3.8) is 0 Å². The minimum atomic E-state index is -0.500. The number of amides is 2. The third kappa shape index (κ3) is 8.64. The zero-order valence-corrected chi connectivity index (χ0v) is 25.0. The van der Waals surface area contributed by atoms with Crippen LogP contribution < -0.4 is 29.7 Å². The van der Waals surface area contributed by atoms with E-state index in [1.807, 2.05) is 13.0 Å². The van der Waals surface area contributed by atoms with Crippen molar-refractivity contribution in [2.24, 2.45) is 5.10 Å². The molecule has 0 aliphatic heterocycles. The Morgan fingerprint density at radius 1 is 0.974 bits per heavy atom. The first kappa shape index (κ1) is 30.3. The highest BCUT2D eigenvalue weighted by Gasteiger charge is 2.14. The maximum Gasteiger partial charge on any atom is 0.259 e. The first-order valence-electron chi connectivity index (χ1n) is 11.6. The standard InChI is InChI=1S/C27H26Cl2IN3O6/c1-4-38-24-10-16(9-21(30)26(24)39-15-18-5-7-19(28)12-20(18)29)13-32-33-25(34)14-31-27(35)17-6-8-22(36-2)23(11-17)37-3/h5-13H,4,14-15H2,1-3H3,(H,31,35)(H,33,34). The highest BCUT2D eigenvalue weighted by Crippen LogP contribution is 2.35. The first-order valence-corrected chi connectivity index (χ1v) is 13.4. The molecule has 0 unspecified atom stereocenters. The molecular formula is C27H26Cl2IN3O6. The van der Waals surface area contributed by atoms with Gasteiger partial charge in [-0.3, -0.25) is 9.59 Å². The average Bonchev–Trinajstić information content (AvgIpc) is 2.92. The Morgan fingerprint density at radius 2 is 1.74 bits per heavy atom. The number of nitrogens with zero attached hydrogens (tertiary/aromatic N) is 1. The Balaban J connectivity index is 1.59. The second-order valence-electron chi connectivity index (χ2n) is 7.83. The van der Waals surface area contributed by atoms with Gasteiger partial charge in [-0.25, -0.2) is 5.43 Å². The molecule has 0 atom stereocenters. The smallest absolute Gasteiger partial charge is 0.259 e. The van der Waals surface area contributed by atoms with Crippen molar-refractivity contribution in [2.75, 3.05) is 27.4 Å². The van der Waals surface area contributed by atoms with Crippen molar-refractivity contribution >= 4 is 63.8 Å². The third-order valence-corrected chi connectivity index (χ3v) is 6.57. The second-order valence-corrected chi connectivity index (χ2v) is 9.84. The Hall–Kier alpha value is -3.22. The summed E-state index contributed by atoms with van der Waals surface area (Å²) in [6, 6.07) is 13.5. The van der Waals surface area contributed by atoms with Gasteiger partial charge in [-0.1, -0.05) is 29.3 Å². The molecule has 0 radical (unpaired) electrons. The summed E-state index contributed by atoms with van der Waals surface area (Å²) in [6.07, 6.45) is 1.47. The number of carbonyl (C=O) groups is 2. The summed E-state index contributed by atoms with van der Waals surface area (Å²) < 4.78 is 22.9. The van der Waals surface area contributed by atoms with Crippen molar-refractivity contribution in [1.29, 1.82) is 0 Å². The highest BCUT2D eigenvalue weighted by atomic mass is 127. The molecule has 3 aromatic rings. The van der Waals surface area contributed by atoms with Gasteiger partial charge in [-0.2, -0.15) is 5.10 Å². The van der Waals surface area contributed by atoms with E-state index >= 15 is 0 Å². The lowest BCUT2D eigenvalue weighted by molar-refractivity contribution is -0.120. The lowest BCUT2D eigenvalue weighted by Gasteiger charge is -2.15. The van der Waals surface area contributed by atoms with Crippen LogP contribution in [0.5, 0.6) is 23.0 Å². The lowest BCUT2D eigenvalue weighted by atomic mass is 10.2. The number of methoxy groups -OCH3 is 2. The topological polar surface area (TPSA) is 107 Å². The molecule has 9 nitrogen and oxygen atoms in total. The second kappa shape index (κ2) is 14.8. The highest BCUT2D eigenvalue weighted by molar-refractivity contribution is 14.1. The SMILES string of the molecule is CCOc1cc(C=NNC(=O)CNC(=O)c2ccc(OC)c(OC)c2)cc(I)c1OCc1ccc(Cl)cc1Cl. The number of hydrazone groups is 1. The Morgan fingerprint density at radius 3 is 2.44 bits per heavy atom. The van der Waals surface area contributed by atoms with E-state index in [0.717, 1.165) is 9.13 Å². The molecule has 39 heavy (non-hydrogen) atoms.